The molecule has 0 saturated carbocycles. The highest BCUT2D eigenvalue weighted by Gasteiger charge is 1.92. The predicted octanol–water partition coefficient (Wildman–Crippen LogP) is 1.46. The molecule has 0 unspecified atom stereocenters. The van der Waals surface area contributed by atoms with Crippen LogP contribution in [0.4, 0.5) is 4.39 Å². The van der Waals surface area contributed by atoms with Gasteiger partial charge in [-0.2, -0.15) is 0 Å². The lowest BCUT2D eigenvalue weighted by molar-refractivity contribution is 0.618. The number of hydrogen-bond donors (Lipinski definition) is 1. The van der Waals surface area contributed by atoms with Crippen LogP contribution in [0.5, 0.6) is 0 Å². The molecule has 0 spiro atoms. The molecule has 4 heteroatoms. The summed E-state index contributed by atoms with van der Waals surface area (Å²) in [4.78, 5) is 6.14. The van der Waals surface area contributed by atoms with E-state index < -0.39 is 0 Å². The minimum absolute atomic E-state index is 0.335. The third-order valence-corrected chi connectivity index (χ3v) is 1.17. The van der Waals surface area contributed by atoms with Gasteiger partial charge < -0.3 is 0 Å². The molecular weight excluding hydrogens is 155 g/mol. The van der Waals surface area contributed by atoms with E-state index in [2.05, 4.69) is 9.82 Å². The van der Waals surface area contributed by atoms with Crippen LogP contribution >= 0.6 is 11.8 Å². The maximum absolute atomic E-state index is 12.2. The van der Waals surface area contributed by atoms with E-state index in [1.807, 2.05) is 0 Å². The molecule has 0 radical (unpaired) electrons. The van der Waals surface area contributed by atoms with Crippen LogP contribution < -0.4 is 4.84 Å². The van der Waals surface area contributed by atoms with Crippen molar-refractivity contribution in [3.63, 3.8) is 0 Å². The Morgan fingerprint density at radius 1 is 1.60 bits per heavy atom. The van der Waals surface area contributed by atoms with Gasteiger partial charge in [0, 0.05) is 0 Å². The van der Waals surface area contributed by atoms with Crippen molar-refractivity contribution in [1.29, 1.82) is 0 Å². The van der Waals surface area contributed by atoms with E-state index in [4.69, 9.17) is 11.8 Å². The molecule has 0 aliphatic rings. The average molecular weight is 161 g/mol. The van der Waals surface area contributed by atoms with Gasteiger partial charge >= 0.3 is 0 Å². The zero-order valence-corrected chi connectivity index (χ0v) is 5.90. The van der Waals surface area contributed by atoms with Gasteiger partial charge in [0.25, 0.3) is 0 Å². The van der Waals surface area contributed by atoms with E-state index >= 15 is 0 Å². The molecule has 1 aromatic heterocycles. The smallest absolute Gasteiger partial charge is 0.141 e. The van der Waals surface area contributed by atoms with E-state index in [0.717, 1.165) is 11.9 Å². The number of aromatic nitrogens is 1. The quantitative estimate of drug-likeness (QED) is 0.663. The summed E-state index contributed by atoms with van der Waals surface area (Å²) in [5.74, 6) is -0.335. The molecule has 2 nitrogen and oxygen atoms in total. The van der Waals surface area contributed by atoms with Gasteiger partial charge in [0.2, 0.25) is 0 Å². The van der Waals surface area contributed by atoms with Crippen molar-refractivity contribution in [1.82, 2.24) is 9.82 Å². The fraction of sp³-hybridized carbons (Fsp3) is 0.167. The van der Waals surface area contributed by atoms with Crippen molar-refractivity contribution >= 4 is 11.8 Å². The summed E-state index contributed by atoms with van der Waals surface area (Å²) in [7, 11) is 0. The summed E-state index contributed by atoms with van der Waals surface area (Å²) in [5, 5.41) is 0. The Balaban J connectivity index is 2.69. The minimum atomic E-state index is -0.335. The molecule has 1 aromatic rings. The van der Waals surface area contributed by atoms with Crippen molar-refractivity contribution in [2.75, 3.05) is 0 Å². The first kappa shape index (κ1) is 7.44. The van der Waals surface area contributed by atoms with Crippen LogP contribution in [-0.2, 0) is 6.54 Å². The zero-order valence-electron chi connectivity index (χ0n) is 5.14. The van der Waals surface area contributed by atoms with Gasteiger partial charge in [0.05, 0.1) is 18.4 Å². The number of rotatable bonds is 2. The largest absolute Gasteiger partial charge is 0.257 e. The van der Waals surface area contributed by atoms with Gasteiger partial charge in [-0.1, -0.05) is 0 Å². The Hall–Kier alpha value is -0.670. The second kappa shape index (κ2) is 3.49. The number of pyridine rings is 1. The Bertz CT molecular complexity index is 199. The van der Waals surface area contributed by atoms with Crippen LogP contribution in [0.2, 0.25) is 0 Å². The Morgan fingerprint density at radius 3 is 2.90 bits per heavy atom. The van der Waals surface area contributed by atoms with Crippen molar-refractivity contribution < 1.29 is 4.39 Å². The third-order valence-electron chi connectivity index (χ3n) is 1.04. The van der Waals surface area contributed by atoms with Gasteiger partial charge in [-0.25, -0.2) is 9.23 Å². The maximum atomic E-state index is 12.2. The Labute approximate surface area is 63.1 Å². The number of nitrogens with one attached hydrogen (secondary N) is 1. The average Bonchev–Trinajstić information content (AvgIpc) is 1.95. The summed E-state index contributed by atoms with van der Waals surface area (Å²) in [6.07, 6.45) is 1.16. The molecule has 0 saturated heterocycles. The van der Waals surface area contributed by atoms with Crippen LogP contribution in [0.1, 0.15) is 5.69 Å². The van der Waals surface area contributed by atoms with Crippen LogP contribution in [0.15, 0.2) is 18.3 Å². The minimum Gasteiger partial charge on any atom is -0.257 e. The first-order valence-corrected chi connectivity index (χ1v) is 3.14. The molecule has 0 amide bonds. The number of nitrogens with zero attached hydrogens (tertiary/aromatic N) is 1. The maximum Gasteiger partial charge on any atom is 0.141 e. The van der Waals surface area contributed by atoms with Gasteiger partial charge in [-0.3, -0.25) is 4.98 Å². The lowest BCUT2D eigenvalue weighted by atomic mass is 10.3. The molecule has 0 atom stereocenters. The third kappa shape index (κ3) is 1.93. The molecule has 0 aliphatic heterocycles. The topological polar surface area (TPSA) is 24.9 Å². The van der Waals surface area contributed by atoms with Crippen LogP contribution in [0, 0.1) is 5.82 Å². The lowest BCUT2D eigenvalue weighted by Gasteiger charge is -1.94. The molecule has 1 rings (SSSR count). The van der Waals surface area contributed by atoms with E-state index in [9.17, 15) is 4.39 Å². The SMILES string of the molecule is Fc1ccc(CNCl)nc1. The lowest BCUT2D eigenvalue weighted by Crippen LogP contribution is -2.00. The van der Waals surface area contributed by atoms with E-state index in [0.29, 0.717) is 6.54 Å². The predicted molar refractivity (Wildman–Crippen MR) is 36.9 cm³/mol. The molecule has 1 N–H and O–H groups in total. The van der Waals surface area contributed by atoms with Crippen LogP contribution in [0.25, 0.3) is 0 Å². The number of halogens is 2. The standard InChI is InChI=1S/C6H6ClFN2/c7-10-4-6-2-1-5(8)3-9-6/h1-3,10H,4H2. The highest BCUT2D eigenvalue weighted by molar-refractivity contribution is 6.13. The van der Waals surface area contributed by atoms with Gasteiger partial charge in [-0.05, 0) is 23.9 Å². The van der Waals surface area contributed by atoms with Crippen molar-refractivity contribution in [2.45, 2.75) is 6.54 Å². The molecule has 0 aliphatic carbocycles. The second-order valence-corrected chi connectivity index (χ2v) is 2.05. The van der Waals surface area contributed by atoms with Crippen LogP contribution in [0.3, 0.4) is 0 Å². The van der Waals surface area contributed by atoms with Gasteiger partial charge in [0.15, 0.2) is 0 Å². The summed E-state index contributed by atoms with van der Waals surface area (Å²) in [6, 6.07) is 2.92. The molecular formula is C6H6ClFN2. The number of hydrogen-bond acceptors (Lipinski definition) is 2. The van der Waals surface area contributed by atoms with Crippen molar-refractivity contribution in [2.24, 2.45) is 0 Å². The fourth-order valence-corrected chi connectivity index (χ4v) is 0.716. The Kier molecular flexibility index (Phi) is 2.59. The molecule has 0 fully saturated rings. The van der Waals surface area contributed by atoms with Gasteiger partial charge in [0.1, 0.15) is 5.82 Å². The summed E-state index contributed by atoms with van der Waals surface area (Å²) in [5.41, 5.74) is 0.719. The monoisotopic (exact) mass is 160 g/mol. The van der Waals surface area contributed by atoms with Gasteiger partial charge in [-0.15, -0.1) is 0 Å². The summed E-state index contributed by atoms with van der Waals surface area (Å²) >= 11 is 5.19. The molecule has 54 valence electrons. The first-order chi connectivity index (χ1) is 4.83. The molecule has 0 bridgehead atoms. The van der Waals surface area contributed by atoms with E-state index in [-0.39, 0.29) is 5.82 Å². The molecule has 0 aromatic carbocycles. The zero-order chi connectivity index (χ0) is 7.40. The van der Waals surface area contributed by atoms with E-state index in [1.165, 1.54) is 6.07 Å². The Morgan fingerprint density at radius 2 is 2.40 bits per heavy atom. The summed E-state index contributed by atoms with van der Waals surface area (Å²) < 4.78 is 12.2. The summed E-state index contributed by atoms with van der Waals surface area (Å²) in [6.45, 7) is 0.446. The van der Waals surface area contributed by atoms with Crippen LogP contribution in [-0.4, -0.2) is 4.98 Å². The van der Waals surface area contributed by atoms with E-state index in [1.54, 1.807) is 6.07 Å². The fourth-order valence-electron chi connectivity index (χ4n) is 0.579. The van der Waals surface area contributed by atoms with Crippen molar-refractivity contribution in [3.05, 3.63) is 29.8 Å². The molecule has 10 heavy (non-hydrogen) atoms. The molecule has 1 heterocycles. The van der Waals surface area contributed by atoms with Crippen molar-refractivity contribution in [3.8, 4) is 0 Å². The first-order valence-electron chi connectivity index (χ1n) is 2.77. The normalized spacial score (nSPS) is 9.80. The highest BCUT2D eigenvalue weighted by Crippen LogP contribution is 1.97. The highest BCUT2D eigenvalue weighted by atomic mass is 35.5. The second-order valence-electron chi connectivity index (χ2n) is 1.78.